The maximum atomic E-state index is 6.84. The van der Waals surface area contributed by atoms with Crippen LogP contribution in [0.3, 0.4) is 0 Å². The fourth-order valence-corrected chi connectivity index (χ4v) is 6.24. The van der Waals surface area contributed by atoms with Gasteiger partial charge in [0.05, 0.1) is 0 Å². The molecule has 0 aromatic heterocycles. The summed E-state index contributed by atoms with van der Waals surface area (Å²) < 4.78 is 0. The van der Waals surface area contributed by atoms with E-state index in [1.165, 1.54) is 55.2 Å². The minimum Gasteiger partial charge on any atom is -0.327 e. The van der Waals surface area contributed by atoms with Crippen LogP contribution in [0.4, 0.5) is 0 Å². The summed E-state index contributed by atoms with van der Waals surface area (Å²) in [5, 5.41) is 0. The smallest absolute Gasteiger partial charge is 0.0137 e. The molecule has 114 valence electrons. The summed E-state index contributed by atoms with van der Waals surface area (Å²) in [7, 11) is 0. The topological polar surface area (TPSA) is 26.0 Å². The van der Waals surface area contributed by atoms with Crippen molar-refractivity contribution in [2.45, 2.75) is 64.8 Å². The quantitative estimate of drug-likeness (QED) is 0.874. The first-order valence-corrected chi connectivity index (χ1v) is 8.86. The molecule has 1 aromatic carbocycles. The summed E-state index contributed by atoms with van der Waals surface area (Å²) in [6.07, 6.45) is 9.88. The lowest BCUT2D eigenvalue weighted by Gasteiger charge is -2.59. The van der Waals surface area contributed by atoms with Crippen LogP contribution in [-0.4, -0.2) is 6.04 Å². The van der Waals surface area contributed by atoms with Crippen molar-refractivity contribution >= 4 is 0 Å². The normalized spacial score (nSPS) is 38.7. The molecule has 1 heteroatoms. The summed E-state index contributed by atoms with van der Waals surface area (Å²) in [4.78, 5) is 0. The van der Waals surface area contributed by atoms with Crippen molar-refractivity contribution < 1.29 is 0 Å². The van der Waals surface area contributed by atoms with Gasteiger partial charge in [0.1, 0.15) is 0 Å². The lowest BCUT2D eigenvalue weighted by Crippen LogP contribution is -2.55. The van der Waals surface area contributed by atoms with Crippen LogP contribution in [0.1, 0.15) is 55.2 Å². The largest absolute Gasteiger partial charge is 0.327 e. The van der Waals surface area contributed by atoms with Crippen LogP contribution in [-0.2, 0) is 6.42 Å². The van der Waals surface area contributed by atoms with Crippen LogP contribution in [0.25, 0.3) is 0 Å². The highest BCUT2D eigenvalue weighted by atomic mass is 14.7. The average Bonchev–Trinajstić information content (AvgIpc) is 2.41. The Labute approximate surface area is 129 Å². The maximum absolute atomic E-state index is 6.84. The van der Waals surface area contributed by atoms with Gasteiger partial charge in [0.15, 0.2) is 0 Å². The van der Waals surface area contributed by atoms with Crippen molar-refractivity contribution in [1.29, 1.82) is 0 Å². The number of hydrogen-bond acceptors (Lipinski definition) is 1. The van der Waals surface area contributed by atoms with E-state index in [0.717, 1.165) is 24.2 Å². The number of aryl methyl sites for hydroxylation is 2. The zero-order valence-electron chi connectivity index (χ0n) is 13.6. The molecule has 0 aliphatic heterocycles. The molecule has 2 N–H and O–H groups in total. The van der Waals surface area contributed by atoms with Crippen molar-refractivity contribution in [3.8, 4) is 0 Å². The Morgan fingerprint density at radius 1 is 1.00 bits per heavy atom. The molecule has 1 unspecified atom stereocenters. The van der Waals surface area contributed by atoms with Gasteiger partial charge in [-0.1, -0.05) is 18.2 Å². The first-order valence-electron chi connectivity index (χ1n) is 8.86. The molecule has 4 fully saturated rings. The van der Waals surface area contributed by atoms with Gasteiger partial charge >= 0.3 is 0 Å². The Hall–Kier alpha value is -0.820. The van der Waals surface area contributed by atoms with Crippen molar-refractivity contribution in [1.82, 2.24) is 0 Å². The van der Waals surface area contributed by atoms with Gasteiger partial charge in [-0.3, -0.25) is 0 Å². The zero-order valence-corrected chi connectivity index (χ0v) is 13.6. The highest BCUT2D eigenvalue weighted by Crippen LogP contribution is 2.61. The third kappa shape index (κ3) is 2.25. The highest BCUT2D eigenvalue weighted by Gasteiger charge is 2.53. The van der Waals surface area contributed by atoms with E-state index in [-0.39, 0.29) is 0 Å². The summed E-state index contributed by atoms with van der Waals surface area (Å²) >= 11 is 0. The van der Waals surface area contributed by atoms with Crippen molar-refractivity contribution in [3.63, 3.8) is 0 Å². The summed E-state index contributed by atoms with van der Waals surface area (Å²) in [5.74, 6) is 3.00. The summed E-state index contributed by atoms with van der Waals surface area (Å²) in [5.41, 5.74) is 11.7. The third-order valence-electron chi connectivity index (χ3n) is 6.94. The van der Waals surface area contributed by atoms with Crippen LogP contribution >= 0.6 is 0 Å². The lowest BCUT2D eigenvalue weighted by atomic mass is 9.47. The first-order chi connectivity index (χ1) is 10.1. The van der Waals surface area contributed by atoms with Crippen LogP contribution < -0.4 is 5.73 Å². The van der Waals surface area contributed by atoms with Gasteiger partial charge in [0.25, 0.3) is 0 Å². The molecular weight excluding hydrogens is 254 g/mol. The van der Waals surface area contributed by atoms with Crippen molar-refractivity contribution in [2.24, 2.45) is 28.9 Å². The summed E-state index contributed by atoms with van der Waals surface area (Å²) in [6.45, 7) is 4.49. The SMILES string of the molecule is Cc1cccc(C)c1CC(N)C12CC3CC(CC(C3)C1)C2. The third-order valence-corrected chi connectivity index (χ3v) is 6.94. The van der Waals surface area contributed by atoms with Crippen LogP contribution in [0.5, 0.6) is 0 Å². The number of hydrogen-bond donors (Lipinski definition) is 1. The van der Waals surface area contributed by atoms with Crippen LogP contribution in [0.15, 0.2) is 18.2 Å². The van der Waals surface area contributed by atoms with Gasteiger partial charge < -0.3 is 5.73 Å². The maximum Gasteiger partial charge on any atom is 0.0137 e. The second-order valence-electron chi connectivity index (χ2n) is 8.46. The van der Waals surface area contributed by atoms with Gasteiger partial charge in [-0.2, -0.15) is 0 Å². The molecule has 1 atom stereocenters. The molecule has 4 aliphatic rings. The first kappa shape index (κ1) is 13.8. The van der Waals surface area contributed by atoms with E-state index in [9.17, 15) is 0 Å². The Morgan fingerprint density at radius 2 is 1.48 bits per heavy atom. The monoisotopic (exact) mass is 283 g/mol. The Balaban J connectivity index is 1.59. The number of benzene rings is 1. The molecule has 4 bridgehead atoms. The molecule has 1 aromatic rings. The second kappa shape index (κ2) is 4.84. The second-order valence-corrected chi connectivity index (χ2v) is 8.46. The van der Waals surface area contributed by atoms with E-state index in [4.69, 9.17) is 5.73 Å². The predicted molar refractivity (Wildman–Crippen MR) is 88.2 cm³/mol. The Kier molecular flexibility index (Phi) is 3.19. The fraction of sp³-hybridized carbons (Fsp3) is 0.700. The van der Waals surface area contributed by atoms with Gasteiger partial charge in [-0.25, -0.2) is 0 Å². The van der Waals surface area contributed by atoms with Gasteiger partial charge in [-0.05, 0) is 98.7 Å². The fourth-order valence-electron chi connectivity index (χ4n) is 6.24. The minimum atomic E-state index is 0.366. The molecule has 0 spiro atoms. The molecule has 21 heavy (non-hydrogen) atoms. The van der Waals surface area contributed by atoms with Gasteiger partial charge in [0, 0.05) is 6.04 Å². The van der Waals surface area contributed by atoms with Crippen molar-refractivity contribution in [2.75, 3.05) is 0 Å². The van der Waals surface area contributed by atoms with Gasteiger partial charge in [0.2, 0.25) is 0 Å². The predicted octanol–water partition coefficient (Wildman–Crippen LogP) is 4.39. The molecule has 0 heterocycles. The van der Waals surface area contributed by atoms with Crippen molar-refractivity contribution in [3.05, 3.63) is 34.9 Å². The number of rotatable bonds is 3. The molecule has 4 saturated carbocycles. The standard InChI is InChI=1S/C20H29N/c1-13-4-3-5-14(2)18(13)9-19(21)20-10-15-6-16(11-20)8-17(7-15)12-20/h3-5,15-17,19H,6-12,21H2,1-2H3. The zero-order chi connectivity index (χ0) is 14.6. The van der Waals surface area contributed by atoms with E-state index in [1.54, 1.807) is 0 Å². The Morgan fingerprint density at radius 3 is 1.95 bits per heavy atom. The lowest BCUT2D eigenvalue weighted by molar-refractivity contribution is -0.0668. The van der Waals surface area contributed by atoms with Crippen LogP contribution in [0, 0.1) is 37.0 Å². The van der Waals surface area contributed by atoms with Gasteiger partial charge in [-0.15, -0.1) is 0 Å². The van der Waals surface area contributed by atoms with E-state index < -0.39 is 0 Å². The number of nitrogens with two attached hydrogens (primary N) is 1. The van der Waals surface area contributed by atoms with E-state index in [1.807, 2.05) is 0 Å². The van der Waals surface area contributed by atoms with E-state index >= 15 is 0 Å². The highest BCUT2D eigenvalue weighted by molar-refractivity contribution is 5.34. The molecule has 0 amide bonds. The molecule has 0 radical (unpaired) electrons. The molecule has 4 aliphatic carbocycles. The molecular formula is C20H29N. The molecule has 5 rings (SSSR count). The van der Waals surface area contributed by atoms with E-state index in [2.05, 4.69) is 32.0 Å². The molecule has 1 nitrogen and oxygen atoms in total. The average molecular weight is 283 g/mol. The minimum absolute atomic E-state index is 0.366. The summed E-state index contributed by atoms with van der Waals surface area (Å²) in [6, 6.07) is 7.03. The molecule has 0 saturated heterocycles. The van der Waals surface area contributed by atoms with E-state index in [0.29, 0.717) is 11.5 Å². The Bertz CT molecular complexity index is 489. The van der Waals surface area contributed by atoms with Crippen LogP contribution in [0.2, 0.25) is 0 Å².